The van der Waals surface area contributed by atoms with Gasteiger partial charge in [0.2, 0.25) is 5.91 Å². The number of pyridine rings is 1. The van der Waals surface area contributed by atoms with Crippen LogP contribution in [-0.2, 0) is 7.05 Å². The van der Waals surface area contributed by atoms with Crippen LogP contribution in [0.3, 0.4) is 0 Å². The highest BCUT2D eigenvalue weighted by Crippen LogP contribution is 2.28. The van der Waals surface area contributed by atoms with Crippen LogP contribution < -0.4 is 17.2 Å². The summed E-state index contributed by atoms with van der Waals surface area (Å²) in [5.41, 5.74) is 10.6. The highest BCUT2D eigenvalue weighted by Gasteiger charge is 2.14. The van der Waals surface area contributed by atoms with Gasteiger partial charge in [0, 0.05) is 18.1 Å². The van der Waals surface area contributed by atoms with Crippen LogP contribution in [-0.4, -0.2) is 25.7 Å². The number of nitrogens with one attached hydrogen (secondary N) is 1. The first-order valence-corrected chi connectivity index (χ1v) is 5.65. The van der Waals surface area contributed by atoms with Crippen molar-refractivity contribution in [2.45, 2.75) is 10.1 Å². The number of carbonyl (C=O) groups excluding carboxylic acids is 1. The van der Waals surface area contributed by atoms with Gasteiger partial charge in [0.15, 0.2) is 5.16 Å². The Bertz CT molecular complexity index is 661. The Kier molecular flexibility index (Phi) is 3.06. The third kappa shape index (κ3) is 2.20. The Labute approximate surface area is 105 Å². The van der Waals surface area contributed by atoms with Gasteiger partial charge in [0.05, 0.1) is 5.56 Å². The minimum Gasteiger partial charge on any atom is -0.384 e. The van der Waals surface area contributed by atoms with E-state index in [0.29, 0.717) is 10.1 Å². The molecule has 18 heavy (non-hydrogen) atoms. The summed E-state index contributed by atoms with van der Waals surface area (Å²) in [6.45, 7) is 0. The molecule has 0 saturated heterocycles. The second-order valence-corrected chi connectivity index (χ2v) is 4.45. The van der Waals surface area contributed by atoms with Crippen LogP contribution in [0.2, 0.25) is 0 Å². The van der Waals surface area contributed by atoms with E-state index in [1.54, 1.807) is 7.05 Å². The van der Waals surface area contributed by atoms with E-state index in [1.165, 1.54) is 16.8 Å². The van der Waals surface area contributed by atoms with Gasteiger partial charge >= 0.3 is 5.69 Å². The molecule has 0 aliphatic heterocycles. The number of amides is 1. The molecule has 0 radical (unpaired) electrons. The zero-order valence-corrected chi connectivity index (χ0v) is 10.2. The first-order chi connectivity index (χ1) is 8.49. The van der Waals surface area contributed by atoms with Crippen LogP contribution in [0.4, 0.5) is 5.82 Å². The molecule has 1 amide bonds. The molecule has 2 aromatic heterocycles. The molecule has 0 aliphatic carbocycles. The van der Waals surface area contributed by atoms with E-state index in [2.05, 4.69) is 15.2 Å². The largest absolute Gasteiger partial charge is 0.384 e. The number of primary amides is 1. The van der Waals surface area contributed by atoms with Crippen LogP contribution >= 0.6 is 11.8 Å². The number of nitrogen functional groups attached to an aromatic ring is 1. The fraction of sp³-hybridized carbons (Fsp3) is 0.111. The van der Waals surface area contributed by atoms with Crippen LogP contribution in [0.15, 0.2) is 27.1 Å². The maximum atomic E-state index is 11.3. The predicted octanol–water partition coefficient (Wildman–Crippen LogP) is -0.664. The lowest BCUT2D eigenvalue weighted by molar-refractivity contribution is 0.0997. The summed E-state index contributed by atoms with van der Waals surface area (Å²) in [5, 5.41) is 6.50. The van der Waals surface area contributed by atoms with Crippen molar-refractivity contribution < 1.29 is 4.79 Å². The monoisotopic (exact) mass is 266 g/mol. The fourth-order valence-corrected chi connectivity index (χ4v) is 2.14. The van der Waals surface area contributed by atoms with Gasteiger partial charge in [-0.1, -0.05) is 0 Å². The highest BCUT2D eigenvalue weighted by atomic mass is 32.2. The van der Waals surface area contributed by atoms with Gasteiger partial charge in [-0.25, -0.2) is 14.9 Å². The maximum Gasteiger partial charge on any atom is 0.343 e. The molecule has 8 nitrogen and oxygen atoms in total. The molecule has 9 heteroatoms. The summed E-state index contributed by atoms with van der Waals surface area (Å²) in [7, 11) is 1.56. The van der Waals surface area contributed by atoms with Gasteiger partial charge in [-0.05, 0) is 17.8 Å². The molecule has 2 aromatic rings. The van der Waals surface area contributed by atoms with Crippen LogP contribution in [0.1, 0.15) is 10.4 Å². The third-order valence-corrected chi connectivity index (χ3v) is 3.29. The lowest BCUT2D eigenvalue weighted by Gasteiger charge is -2.05. The van der Waals surface area contributed by atoms with Gasteiger partial charge < -0.3 is 11.5 Å². The minimum absolute atomic E-state index is 0.198. The summed E-state index contributed by atoms with van der Waals surface area (Å²) in [5.74, 6) is -0.420. The number of H-pyrrole nitrogens is 1. The predicted molar refractivity (Wildman–Crippen MR) is 65.1 cm³/mol. The lowest BCUT2D eigenvalue weighted by atomic mass is 10.2. The number of aromatic amines is 1. The van der Waals surface area contributed by atoms with E-state index >= 15 is 0 Å². The van der Waals surface area contributed by atoms with Gasteiger partial charge in [0.1, 0.15) is 5.82 Å². The molecule has 2 rings (SSSR count). The van der Waals surface area contributed by atoms with E-state index in [0.717, 1.165) is 11.8 Å². The Morgan fingerprint density at radius 3 is 2.83 bits per heavy atom. The number of carbonyl (C=O) groups is 1. The number of aromatic nitrogens is 4. The molecule has 0 aliphatic rings. The smallest absolute Gasteiger partial charge is 0.343 e. The van der Waals surface area contributed by atoms with E-state index in [-0.39, 0.29) is 17.1 Å². The molecule has 2 heterocycles. The molecule has 5 N–H and O–H groups in total. The van der Waals surface area contributed by atoms with Crippen molar-refractivity contribution in [3.8, 4) is 0 Å². The van der Waals surface area contributed by atoms with Crippen molar-refractivity contribution in [1.82, 2.24) is 19.7 Å². The summed E-state index contributed by atoms with van der Waals surface area (Å²) in [4.78, 5) is 26.9. The zero-order chi connectivity index (χ0) is 13.3. The van der Waals surface area contributed by atoms with Crippen LogP contribution in [0, 0.1) is 0 Å². The second-order valence-electron chi connectivity index (χ2n) is 3.44. The van der Waals surface area contributed by atoms with Crippen molar-refractivity contribution in [2.24, 2.45) is 12.8 Å². The lowest BCUT2D eigenvalue weighted by Crippen LogP contribution is -2.14. The number of rotatable bonds is 3. The summed E-state index contributed by atoms with van der Waals surface area (Å²) in [6, 6.07) is 1.38. The number of hydrogen-bond acceptors (Lipinski definition) is 6. The number of anilines is 1. The maximum absolute atomic E-state index is 11.3. The van der Waals surface area contributed by atoms with Gasteiger partial charge in [-0.15, -0.1) is 5.10 Å². The molecular weight excluding hydrogens is 256 g/mol. The fourth-order valence-electron chi connectivity index (χ4n) is 1.26. The topological polar surface area (TPSA) is 133 Å². The molecule has 0 unspecified atom stereocenters. The van der Waals surface area contributed by atoms with Crippen molar-refractivity contribution in [2.75, 3.05) is 5.73 Å². The Hall–Kier alpha value is -2.29. The van der Waals surface area contributed by atoms with Crippen molar-refractivity contribution in [3.05, 3.63) is 28.3 Å². The number of hydrogen-bond donors (Lipinski definition) is 3. The number of nitrogens with zero attached hydrogens (tertiary/aromatic N) is 3. The quantitative estimate of drug-likeness (QED) is 0.675. The first kappa shape index (κ1) is 12.2. The standard InChI is InChI=1S/C9H10N6O2S/c1-15-8(17)13-14-9(15)18-5-3-12-6(10)2-4(5)7(11)16/h2-3H,1H3,(H2,10,12)(H2,11,16)(H,13,17). The van der Waals surface area contributed by atoms with E-state index in [4.69, 9.17) is 11.5 Å². The van der Waals surface area contributed by atoms with Crippen LogP contribution in [0.25, 0.3) is 0 Å². The van der Waals surface area contributed by atoms with Crippen molar-refractivity contribution >= 4 is 23.5 Å². The van der Waals surface area contributed by atoms with E-state index in [1.807, 2.05) is 0 Å². The normalized spacial score (nSPS) is 10.5. The summed E-state index contributed by atoms with van der Waals surface area (Å²) in [6.07, 6.45) is 1.42. The van der Waals surface area contributed by atoms with Gasteiger partial charge in [-0.3, -0.25) is 9.36 Å². The molecule has 0 atom stereocenters. The molecule has 0 aromatic carbocycles. The van der Waals surface area contributed by atoms with Crippen molar-refractivity contribution in [3.63, 3.8) is 0 Å². The second kappa shape index (κ2) is 4.53. The Morgan fingerprint density at radius 2 is 2.28 bits per heavy atom. The molecule has 0 bridgehead atoms. The Morgan fingerprint density at radius 1 is 1.56 bits per heavy atom. The summed E-state index contributed by atoms with van der Waals surface area (Å²) >= 11 is 1.10. The molecule has 0 spiro atoms. The zero-order valence-electron chi connectivity index (χ0n) is 9.38. The number of nitrogens with two attached hydrogens (primary N) is 2. The highest BCUT2D eigenvalue weighted by molar-refractivity contribution is 7.99. The van der Waals surface area contributed by atoms with Gasteiger partial charge in [-0.2, -0.15) is 0 Å². The molecule has 0 saturated carbocycles. The minimum atomic E-state index is -0.618. The van der Waals surface area contributed by atoms with Gasteiger partial charge in [0.25, 0.3) is 0 Å². The summed E-state index contributed by atoms with van der Waals surface area (Å²) < 4.78 is 1.31. The van der Waals surface area contributed by atoms with Crippen LogP contribution in [0.5, 0.6) is 0 Å². The average Bonchev–Trinajstić information content (AvgIpc) is 2.63. The molecular formula is C9H10N6O2S. The molecule has 0 fully saturated rings. The molecule has 94 valence electrons. The SMILES string of the molecule is Cn1c(Sc2cnc(N)cc2C(N)=O)n[nH]c1=O. The average molecular weight is 266 g/mol. The van der Waals surface area contributed by atoms with Crippen molar-refractivity contribution in [1.29, 1.82) is 0 Å². The Balaban J connectivity index is 2.43. The van der Waals surface area contributed by atoms with E-state index < -0.39 is 5.91 Å². The first-order valence-electron chi connectivity index (χ1n) is 4.83. The van der Waals surface area contributed by atoms with E-state index in [9.17, 15) is 9.59 Å². The third-order valence-electron chi connectivity index (χ3n) is 2.19.